The molecule has 246 valence electrons. The number of amides is 4. The zero-order chi connectivity index (χ0) is 33.8. The summed E-state index contributed by atoms with van der Waals surface area (Å²) in [5.74, 6) is -3.39. The van der Waals surface area contributed by atoms with Crippen LogP contribution >= 0.6 is 11.6 Å². The Morgan fingerprint density at radius 3 is 2.54 bits per heavy atom. The van der Waals surface area contributed by atoms with Gasteiger partial charge in [-0.3, -0.25) is 33.9 Å². The first kappa shape index (κ1) is 32.6. The van der Waals surface area contributed by atoms with Gasteiger partial charge in [0, 0.05) is 16.6 Å². The average Bonchev–Trinajstić information content (AvgIpc) is 3.40. The van der Waals surface area contributed by atoms with E-state index >= 15 is 0 Å². The molecule has 3 aromatic carbocycles. The highest BCUT2D eigenvalue weighted by Crippen LogP contribution is 2.35. The minimum Gasteiger partial charge on any atom is -0.433 e. The maximum atomic E-state index is 14.2. The highest BCUT2D eigenvalue weighted by atomic mass is 35.5. The number of halogens is 1. The van der Waals surface area contributed by atoms with Crippen LogP contribution < -0.4 is 20.4 Å². The summed E-state index contributed by atoms with van der Waals surface area (Å²) in [5, 5.41) is 16.7. The number of aromatic nitrogens is 1. The molecule has 0 spiro atoms. The van der Waals surface area contributed by atoms with E-state index in [9.17, 15) is 29.1 Å². The van der Waals surface area contributed by atoms with Gasteiger partial charge in [-0.2, -0.15) is 0 Å². The third-order valence-electron chi connectivity index (χ3n) is 7.95. The molecule has 3 N–H and O–H groups in total. The highest BCUT2D eigenvalue weighted by molar-refractivity contribution is 6.31. The number of hydrogen-bond donors (Lipinski definition) is 3. The molecule has 2 aliphatic rings. The molecule has 1 saturated heterocycles. The van der Waals surface area contributed by atoms with Gasteiger partial charge in [0.2, 0.25) is 12.2 Å². The second kappa shape index (κ2) is 14.2. The zero-order valence-corrected chi connectivity index (χ0v) is 26.1. The van der Waals surface area contributed by atoms with E-state index in [4.69, 9.17) is 21.1 Å². The molecule has 3 atom stereocenters. The quantitative estimate of drug-likeness (QED) is 0.226. The number of fused-ring (bicyclic) bond motifs is 2. The number of benzene rings is 3. The van der Waals surface area contributed by atoms with Crippen LogP contribution in [-0.2, 0) is 35.3 Å². The number of pyridine rings is 1. The van der Waals surface area contributed by atoms with Gasteiger partial charge in [-0.05, 0) is 35.2 Å². The Labute approximate surface area is 279 Å². The van der Waals surface area contributed by atoms with E-state index in [-0.39, 0.29) is 41.7 Å². The van der Waals surface area contributed by atoms with Crippen molar-refractivity contribution < 1.29 is 38.6 Å². The topological polar surface area (TPSA) is 167 Å². The number of rotatable bonds is 9. The fourth-order valence-corrected chi connectivity index (χ4v) is 5.85. The zero-order valence-electron chi connectivity index (χ0n) is 25.4. The highest BCUT2D eigenvalue weighted by Gasteiger charge is 2.40. The molecule has 0 aliphatic carbocycles. The van der Waals surface area contributed by atoms with Crippen molar-refractivity contribution in [3.63, 3.8) is 0 Å². The fourth-order valence-electron chi connectivity index (χ4n) is 5.68. The molecule has 3 heterocycles. The maximum absolute atomic E-state index is 14.2. The number of nitrogens with zero attached hydrogens (tertiary/aromatic N) is 3. The molecule has 13 nitrogen and oxygen atoms in total. The van der Waals surface area contributed by atoms with Crippen LogP contribution in [0.15, 0.2) is 85.1 Å². The molecule has 1 aromatic heterocycles. The van der Waals surface area contributed by atoms with Crippen molar-refractivity contribution in [2.45, 2.75) is 31.4 Å². The van der Waals surface area contributed by atoms with Gasteiger partial charge in [-0.15, -0.1) is 0 Å². The third-order valence-corrected chi connectivity index (χ3v) is 8.18. The number of nitrogens with one attached hydrogen (secondary N) is 2. The summed E-state index contributed by atoms with van der Waals surface area (Å²) < 4.78 is 11.1. The van der Waals surface area contributed by atoms with Crippen LogP contribution in [0.25, 0.3) is 10.8 Å². The molecule has 4 amide bonds. The lowest BCUT2D eigenvalue weighted by Crippen LogP contribution is -2.55. The average molecular weight is 672 g/mol. The normalized spacial score (nSPS) is 19.0. The number of ether oxygens (including phenoxy) is 2. The van der Waals surface area contributed by atoms with E-state index in [1.165, 1.54) is 24.4 Å². The van der Waals surface area contributed by atoms with Crippen molar-refractivity contribution in [3.05, 3.63) is 101 Å². The number of cyclic esters (lactones) is 1. The first-order chi connectivity index (χ1) is 23.2. The predicted molar refractivity (Wildman–Crippen MR) is 174 cm³/mol. The lowest BCUT2D eigenvalue weighted by atomic mass is 10.1. The summed E-state index contributed by atoms with van der Waals surface area (Å²) in [6.07, 6.45) is 0.252. The Morgan fingerprint density at radius 2 is 1.75 bits per heavy atom. The number of carbonyl (C=O) groups excluding carboxylic acids is 5. The summed E-state index contributed by atoms with van der Waals surface area (Å²) >= 11 is 6.29. The van der Waals surface area contributed by atoms with Crippen LogP contribution in [-0.4, -0.2) is 77.8 Å². The second-order valence-electron chi connectivity index (χ2n) is 11.2. The van der Waals surface area contributed by atoms with E-state index in [0.29, 0.717) is 5.39 Å². The summed E-state index contributed by atoms with van der Waals surface area (Å²) in [6.45, 7) is -1.71. The molecule has 6 rings (SSSR count). The summed E-state index contributed by atoms with van der Waals surface area (Å²) in [7, 11) is 0. The largest absolute Gasteiger partial charge is 0.433 e. The summed E-state index contributed by atoms with van der Waals surface area (Å²) in [5.41, 5.74) is 1.18. The van der Waals surface area contributed by atoms with E-state index in [2.05, 4.69) is 15.6 Å². The van der Waals surface area contributed by atoms with E-state index in [1.54, 1.807) is 18.2 Å². The first-order valence-corrected chi connectivity index (χ1v) is 15.4. The third kappa shape index (κ3) is 6.98. The molecule has 14 heteroatoms. The minimum absolute atomic E-state index is 0.0579. The lowest BCUT2D eigenvalue weighted by Gasteiger charge is -2.26. The number of hydrogen-bond acceptors (Lipinski definition) is 9. The smallest absolute Gasteiger partial charge is 0.310 e. The molecule has 4 aromatic rings. The van der Waals surface area contributed by atoms with Crippen LogP contribution in [0.1, 0.15) is 22.5 Å². The Kier molecular flexibility index (Phi) is 9.62. The van der Waals surface area contributed by atoms with Crippen LogP contribution in [0.3, 0.4) is 0 Å². The van der Waals surface area contributed by atoms with Gasteiger partial charge in [-0.25, -0.2) is 0 Å². The number of esters is 1. The number of aliphatic hydroxyl groups excluding tert-OH is 1. The molecule has 1 fully saturated rings. The van der Waals surface area contributed by atoms with Gasteiger partial charge < -0.3 is 30.1 Å². The van der Waals surface area contributed by atoms with Gasteiger partial charge >= 0.3 is 5.97 Å². The van der Waals surface area contributed by atoms with Crippen molar-refractivity contribution in [2.24, 2.45) is 0 Å². The van der Waals surface area contributed by atoms with Crippen LogP contribution in [0.5, 0.6) is 0 Å². The van der Waals surface area contributed by atoms with Gasteiger partial charge in [0.05, 0.1) is 30.9 Å². The van der Waals surface area contributed by atoms with Gasteiger partial charge in [0.15, 0.2) is 0 Å². The Balaban J connectivity index is 1.27. The maximum Gasteiger partial charge on any atom is 0.310 e. The van der Waals surface area contributed by atoms with Crippen molar-refractivity contribution in [3.8, 4) is 0 Å². The number of carbonyl (C=O) groups is 5. The summed E-state index contributed by atoms with van der Waals surface area (Å²) in [6, 6.07) is 20.2. The Morgan fingerprint density at radius 1 is 0.979 bits per heavy atom. The minimum atomic E-state index is -1.37. The molecular weight excluding hydrogens is 642 g/mol. The van der Waals surface area contributed by atoms with Crippen LogP contribution in [0, 0.1) is 0 Å². The van der Waals surface area contributed by atoms with Crippen LogP contribution in [0.4, 0.5) is 11.4 Å². The molecular formula is C34H30ClN5O8. The van der Waals surface area contributed by atoms with Gasteiger partial charge in [0.1, 0.15) is 30.9 Å². The van der Waals surface area contributed by atoms with Crippen LogP contribution in [0.2, 0.25) is 5.02 Å². The van der Waals surface area contributed by atoms with E-state index < -0.39 is 61.1 Å². The standard InChI is InChI=1S/C34H30ClN5O8/c35-22-10-11-26-27(14-22)39(29(43)18-41)16-25(38-32(45)31-23-9-5-4-8-21(23)12-13-36-31)33(46)40(26)17-28(42)37-24-15-30(44)48-34(24)47-19-20-6-2-1-3-7-20/h1-14,24-25,34,41H,15-19H2,(H,37,42)(H,38,45)/t24-,25-,34+/m0/s1. The fraction of sp³-hybridized carbons (Fsp3) is 0.235. The Bertz CT molecular complexity index is 1880. The van der Waals surface area contributed by atoms with E-state index in [1.807, 2.05) is 42.5 Å². The number of aliphatic hydroxyl groups is 1. The predicted octanol–water partition coefficient (Wildman–Crippen LogP) is 2.33. The molecule has 2 aliphatic heterocycles. The second-order valence-corrected chi connectivity index (χ2v) is 11.6. The molecule has 0 unspecified atom stereocenters. The molecule has 48 heavy (non-hydrogen) atoms. The van der Waals surface area contributed by atoms with Gasteiger partial charge in [-0.1, -0.05) is 66.2 Å². The summed E-state index contributed by atoms with van der Waals surface area (Å²) in [4.78, 5) is 73.0. The number of anilines is 2. The van der Waals surface area contributed by atoms with Crippen molar-refractivity contribution >= 4 is 63.3 Å². The molecule has 0 saturated carbocycles. The molecule has 0 bridgehead atoms. The Hall–Kier alpha value is -5.37. The monoisotopic (exact) mass is 671 g/mol. The molecule has 0 radical (unpaired) electrons. The van der Waals surface area contributed by atoms with Crippen molar-refractivity contribution in [1.82, 2.24) is 15.6 Å². The van der Waals surface area contributed by atoms with Gasteiger partial charge in [0.25, 0.3) is 17.7 Å². The van der Waals surface area contributed by atoms with Crippen molar-refractivity contribution in [2.75, 3.05) is 29.5 Å². The lowest BCUT2D eigenvalue weighted by molar-refractivity contribution is -0.168. The van der Waals surface area contributed by atoms with E-state index in [0.717, 1.165) is 20.7 Å². The SMILES string of the molecule is O=C(CN1C(=O)[C@@H](NC(=O)c2nccc3ccccc23)CN(C(=O)CO)c2cc(Cl)ccc21)N[C@H]1CC(=O)O[C@H]1OCc1ccccc1. The van der Waals surface area contributed by atoms with Crippen molar-refractivity contribution in [1.29, 1.82) is 0 Å². The first-order valence-electron chi connectivity index (χ1n) is 15.0.